The molecule has 1 aliphatic rings. The maximum absolute atomic E-state index is 12.7. The molecular formula is C19H17F3N4OS2. The van der Waals surface area contributed by atoms with Gasteiger partial charge in [0.05, 0.1) is 5.56 Å². The van der Waals surface area contributed by atoms with Gasteiger partial charge in [0.1, 0.15) is 16.5 Å². The Kier molecular flexibility index (Phi) is 5.55. The average Bonchev–Trinajstić information content (AvgIpc) is 3.40. The molecule has 1 aliphatic heterocycles. The minimum Gasteiger partial charge on any atom is -0.356 e. The summed E-state index contributed by atoms with van der Waals surface area (Å²) < 4.78 is 38.0. The maximum atomic E-state index is 12.7. The average molecular weight is 439 g/mol. The Bertz CT molecular complexity index is 962. The second-order valence-corrected chi connectivity index (χ2v) is 8.33. The second-order valence-electron chi connectivity index (χ2n) is 6.69. The summed E-state index contributed by atoms with van der Waals surface area (Å²) in [4.78, 5) is 22.8. The summed E-state index contributed by atoms with van der Waals surface area (Å²) >= 11 is 3.02. The first kappa shape index (κ1) is 19.8. The van der Waals surface area contributed by atoms with Crippen molar-refractivity contribution in [2.75, 3.05) is 18.0 Å². The minimum atomic E-state index is -4.39. The maximum Gasteiger partial charge on any atom is 0.417 e. The van der Waals surface area contributed by atoms with E-state index in [2.05, 4.69) is 15.3 Å². The Morgan fingerprint density at radius 3 is 2.59 bits per heavy atom. The summed E-state index contributed by atoms with van der Waals surface area (Å²) in [6.07, 6.45) is -2.15. The van der Waals surface area contributed by atoms with Gasteiger partial charge in [-0.1, -0.05) is 0 Å². The van der Waals surface area contributed by atoms with Crippen LogP contribution in [0.3, 0.4) is 0 Å². The van der Waals surface area contributed by atoms with Crippen molar-refractivity contribution in [1.82, 2.24) is 15.3 Å². The lowest BCUT2D eigenvalue weighted by Crippen LogP contribution is -2.45. The number of rotatable bonds is 4. The molecule has 1 N–H and O–H groups in total. The number of hydrogen-bond donors (Lipinski definition) is 1. The van der Waals surface area contributed by atoms with E-state index in [1.807, 2.05) is 21.7 Å². The van der Waals surface area contributed by atoms with E-state index in [1.54, 1.807) is 16.7 Å². The van der Waals surface area contributed by atoms with E-state index in [4.69, 9.17) is 0 Å². The van der Waals surface area contributed by atoms with Crippen molar-refractivity contribution < 1.29 is 18.0 Å². The van der Waals surface area contributed by atoms with Crippen molar-refractivity contribution in [2.24, 2.45) is 0 Å². The lowest BCUT2D eigenvalue weighted by molar-refractivity contribution is -0.137. The van der Waals surface area contributed by atoms with Gasteiger partial charge in [-0.15, -0.1) is 11.3 Å². The van der Waals surface area contributed by atoms with Crippen LogP contribution in [-0.2, 0) is 6.18 Å². The molecule has 5 nitrogen and oxygen atoms in total. The highest BCUT2D eigenvalue weighted by Gasteiger charge is 2.31. The van der Waals surface area contributed by atoms with Crippen LogP contribution in [0.4, 0.5) is 19.0 Å². The number of carbonyl (C=O) groups excluding carboxylic acids is 1. The monoisotopic (exact) mass is 438 g/mol. The van der Waals surface area contributed by atoms with Crippen LogP contribution >= 0.6 is 22.7 Å². The highest BCUT2D eigenvalue weighted by Crippen LogP contribution is 2.30. The SMILES string of the molecule is O=C(NC1CCN(c2ccc(C(F)(F)F)cn2)CC1)c1csc(-c2ccsc2)n1. The molecule has 0 spiro atoms. The molecule has 29 heavy (non-hydrogen) atoms. The predicted octanol–water partition coefficient (Wildman–Crippen LogP) is 4.68. The summed E-state index contributed by atoms with van der Waals surface area (Å²) in [6, 6.07) is 4.40. The minimum absolute atomic E-state index is 0.000467. The van der Waals surface area contributed by atoms with Gasteiger partial charge in [0.2, 0.25) is 0 Å². The predicted molar refractivity (Wildman–Crippen MR) is 107 cm³/mol. The van der Waals surface area contributed by atoms with Crippen molar-refractivity contribution in [3.8, 4) is 10.6 Å². The first-order valence-corrected chi connectivity index (χ1v) is 10.8. The fraction of sp³-hybridized carbons (Fsp3) is 0.316. The van der Waals surface area contributed by atoms with Crippen molar-refractivity contribution >= 4 is 34.4 Å². The number of thiazole rings is 1. The second kappa shape index (κ2) is 8.11. The zero-order chi connectivity index (χ0) is 20.4. The lowest BCUT2D eigenvalue weighted by Gasteiger charge is -2.33. The van der Waals surface area contributed by atoms with Gasteiger partial charge in [0.25, 0.3) is 5.91 Å². The molecule has 3 aromatic heterocycles. The van der Waals surface area contributed by atoms with Gasteiger partial charge in [0.15, 0.2) is 0 Å². The zero-order valence-electron chi connectivity index (χ0n) is 15.1. The van der Waals surface area contributed by atoms with Crippen molar-refractivity contribution in [1.29, 1.82) is 0 Å². The van der Waals surface area contributed by atoms with E-state index in [0.29, 0.717) is 37.4 Å². The number of nitrogens with one attached hydrogen (secondary N) is 1. The largest absolute Gasteiger partial charge is 0.417 e. The van der Waals surface area contributed by atoms with E-state index in [9.17, 15) is 18.0 Å². The highest BCUT2D eigenvalue weighted by molar-refractivity contribution is 7.14. The number of carbonyl (C=O) groups is 1. The van der Waals surface area contributed by atoms with E-state index in [0.717, 1.165) is 22.8 Å². The number of amides is 1. The number of piperidine rings is 1. The van der Waals surface area contributed by atoms with Crippen LogP contribution in [0.25, 0.3) is 10.6 Å². The third-order valence-corrected chi connectivity index (χ3v) is 6.31. The fourth-order valence-corrected chi connectivity index (χ4v) is 4.66. The van der Waals surface area contributed by atoms with Crippen LogP contribution in [0.2, 0.25) is 0 Å². The standard InChI is InChI=1S/C19H17F3N4OS2/c20-19(21,22)13-1-2-16(23-9-13)26-6-3-14(4-7-26)24-17(27)15-11-29-18(25-15)12-5-8-28-10-12/h1-2,5,8-11,14H,3-4,6-7H2,(H,24,27). The Labute approximate surface area is 173 Å². The molecule has 0 unspecified atom stereocenters. The van der Waals surface area contributed by atoms with Crippen LogP contribution in [-0.4, -0.2) is 35.0 Å². The number of alkyl halides is 3. The Morgan fingerprint density at radius 2 is 1.97 bits per heavy atom. The molecule has 1 amide bonds. The van der Waals surface area contributed by atoms with Crippen LogP contribution < -0.4 is 10.2 Å². The van der Waals surface area contributed by atoms with Gasteiger partial charge in [-0.05, 0) is 36.4 Å². The Morgan fingerprint density at radius 1 is 1.17 bits per heavy atom. The van der Waals surface area contributed by atoms with E-state index < -0.39 is 11.7 Å². The van der Waals surface area contributed by atoms with E-state index in [-0.39, 0.29) is 11.9 Å². The molecule has 0 aromatic carbocycles. The summed E-state index contributed by atoms with van der Waals surface area (Å²) in [5, 5.41) is 9.54. The summed E-state index contributed by atoms with van der Waals surface area (Å²) in [6.45, 7) is 1.22. The van der Waals surface area contributed by atoms with E-state index >= 15 is 0 Å². The smallest absolute Gasteiger partial charge is 0.356 e. The molecule has 1 fully saturated rings. The number of anilines is 1. The molecule has 152 valence electrons. The van der Waals surface area contributed by atoms with Gasteiger partial charge >= 0.3 is 6.18 Å². The number of nitrogens with zero attached hydrogens (tertiary/aromatic N) is 3. The number of halogens is 3. The molecule has 1 saturated heterocycles. The Hall–Kier alpha value is -2.46. The topological polar surface area (TPSA) is 58.1 Å². The van der Waals surface area contributed by atoms with E-state index in [1.165, 1.54) is 17.4 Å². The Balaban J connectivity index is 1.31. The lowest BCUT2D eigenvalue weighted by atomic mass is 10.0. The van der Waals surface area contributed by atoms with Gasteiger partial charge in [0, 0.05) is 41.7 Å². The van der Waals surface area contributed by atoms with Crippen molar-refractivity contribution in [3.05, 3.63) is 51.8 Å². The fourth-order valence-electron chi connectivity index (χ4n) is 3.15. The van der Waals surface area contributed by atoms with Crippen molar-refractivity contribution in [3.63, 3.8) is 0 Å². The van der Waals surface area contributed by atoms with Crippen LogP contribution in [0.15, 0.2) is 40.5 Å². The number of hydrogen-bond acceptors (Lipinski definition) is 6. The third-order valence-electron chi connectivity index (χ3n) is 4.73. The van der Waals surface area contributed by atoms with Crippen molar-refractivity contribution in [2.45, 2.75) is 25.1 Å². The molecule has 10 heteroatoms. The van der Waals surface area contributed by atoms with Gasteiger partial charge in [-0.25, -0.2) is 9.97 Å². The van der Waals surface area contributed by atoms with Gasteiger partial charge in [-0.2, -0.15) is 24.5 Å². The number of aromatic nitrogens is 2. The summed E-state index contributed by atoms with van der Waals surface area (Å²) in [5.74, 6) is 0.316. The van der Waals surface area contributed by atoms with Gasteiger partial charge in [-0.3, -0.25) is 4.79 Å². The van der Waals surface area contributed by atoms with Crippen LogP contribution in [0, 0.1) is 0 Å². The quantitative estimate of drug-likeness (QED) is 0.642. The first-order valence-electron chi connectivity index (χ1n) is 8.97. The normalized spacial score (nSPS) is 15.5. The molecule has 4 heterocycles. The van der Waals surface area contributed by atoms with Crippen LogP contribution in [0.1, 0.15) is 28.9 Å². The molecular weight excluding hydrogens is 421 g/mol. The summed E-state index contributed by atoms with van der Waals surface area (Å²) in [5.41, 5.74) is 0.660. The molecule has 0 aliphatic carbocycles. The molecule has 0 atom stereocenters. The highest BCUT2D eigenvalue weighted by atomic mass is 32.1. The molecule has 0 radical (unpaired) electrons. The molecule has 0 saturated carbocycles. The number of thiophene rings is 1. The van der Waals surface area contributed by atoms with Crippen LogP contribution in [0.5, 0.6) is 0 Å². The molecule has 4 rings (SSSR count). The van der Waals surface area contributed by atoms with Gasteiger partial charge < -0.3 is 10.2 Å². The molecule has 0 bridgehead atoms. The summed E-state index contributed by atoms with van der Waals surface area (Å²) in [7, 11) is 0. The molecule has 3 aromatic rings. The first-order chi connectivity index (χ1) is 13.9. The number of pyridine rings is 1. The zero-order valence-corrected chi connectivity index (χ0v) is 16.8. The third kappa shape index (κ3) is 4.59.